The summed E-state index contributed by atoms with van der Waals surface area (Å²) in [5, 5.41) is 46.7. The van der Waals surface area contributed by atoms with Gasteiger partial charge in [0.25, 0.3) is 11.8 Å². The van der Waals surface area contributed by atoms with Gasteiger partial charge in [0, 0.05) is 46.6 Å². The SMILES string of the molecule is O=C(N[C@@H](Cc1ccccc1)C(=O)O)[C@H]1CC(=O)[C@H](CCc2ccccc2)NC(=O)[C@@H](Cc2ccc(Br)cc2)NC(=O)[C@H](Cc2cccs2)NC(=O)[C@H](O)[C@@H](O)C(=O)Nc2ccc(cc2)C1. The van der Waals surface area contributed by atoms with Crippen LogP contribution in [-0.2, 0) is 65.7 Å². The lowest BCUT2D eigenvalue weighted by Crippen LogP contribution is -2.58. The van der Waals surface area contributed by atoms with Gasteiger partial charge in [-0.2, -0.15) is 0 Å². The van der Waals surface area contributed by atoms with Crippen LogP contribution in [0, 0.1) is 5.92 Å². The summed E-state index contributed by atoms with van der Waals surface area (Å²) >= 11 is 4.70. The van der Waals surface area contributed by atoms with Gasteiger partial charge in [-0.15, -0.1) is 11.3 Å². The molecule has 2 bridgehead atoms. The number of hydrogen-bond acceptors (Lipinski definition) is 10. The van der Waals surface area contributed by atoms with E-state index in [1.807, 2.05) is 30.3 Å². The van der Waals surface area contributed by atoms with Crippen LogP contribution in [0.5, 0.6) is 0 Å². The molecule has 5 amide bonds. The number of nitrogens with one attached hydrogen (secondary N) is 5. The van der Waals surface area contributed by atoms with Crippen molar-refractivity contribution in [2.75, 3.05) is 5.32 Å². The number of aliphatic carboxylic acids is 1. The van der Waals surface area contributed by atoms with E-state index in [0.717, 1.165) is 10.0 Å². The van der Waals surface area contributed by atoms with Gasteiger partial charge in [0.15, 0.2) is 18.0 Å². The number of rotatable bonds is 12. The molecule has 0 unspecified atom stereocenters. The van der Waals surface area contributed by atoms with Gasteiger partial charge in [0.2, 0.25) is 17.7 Å². The summed E-state index contributed by atoms with van der Waals surface area (Å²) in [5.74, 6) is -7.62. The van der Waals surface area contributed by atoms with E-state index in [1.165, 1.54) is 23.5 Å². The minimum atomic E-state index is -2.31. The Bertz CT molecular complexity index is 2460. The highest BCUT2D eigenvalue weighted by Crippen LogP contribution is 2.21. The molecule has 2 aliphatic rings. The second-order valence-corrected chi connectivity index (χ2v) is 18.0. The number of aliphatic hydroxyl groups is 2. The zero-order valence-corrected chi connectivity index (χ0v) is 38.0. The van der Waals surface area contributed by atoms with Crippen molar-refractivity contribution in [3.8, 4) is 0 Å². The van der Waals surface area contributed by atoms with Crippen LogP contribution in [0.4, 0.5) is 5.69 Å². The van der Waals surface area contributed by atoms with E-state index in [1.54, 1.807) is 84.2 Å². The molecular formula is C49H50BrN5O10S. The number of carboxylic acids is 1. The lowest BCUT2D eigenvalue weighted by atomic mass is 9.89. The van der Waals surface area contributed by atoms with Crippen molar-refractivity contribution in [2.24, 2.45) is 5.92 Å². The number of ketones is 1. The van der Waals surface area contributed by atoms with Crippen molar-refractivity contribution < 1.29 is 48.9 Å². The van der Waals surface area contributed by atoms with Crippen LogP contribution in [0.2, 0.25) is 0 Å². The van der Waals surface area contributed by atoms with Crippen molar-refractivity contribution >= 4 is 74.2 Å². The van der Waals surface area contributed by atoms with Crippen molar-refractivity contribution in [1.82, 2.24) is 21.3 Å². The van der Waals surface area contributed by atoms with Crippen LogP contribution in [0.15, 0.2) is 131 Å². The Morgan fingerprint density at radius 1 is 0.652 bits per heavy atom. The van der Waals surface area contributed by atoms with E-state index in [-0.39, 0.29) is 37.8 Å². The number of aryl methyl sites for hydroxylation is 1. The number of aliphatic hydroxyl groups excluding tert-OH is 2. The molecule has 1 aromatic heterocycles. The largest absolute Gasteiger partial charge is 0.480 e. The highest BCUT2D eigenvalue weighted by atomic mass is 79.9. The maximum atomic E-state index is 14.7. The molecule has 8 N–H and O–H groups in total. The van der Waals surface area contributed by atoms with E-state index < -0.39 is 90.0 Å². The van der Waals surface area contributed by atoms with Gasteiger partial charge in [-0.3, -0.25) is 28.8 Å². The average Bonchev–Trinajstić information content (AvgIpc) is 3.83. The van der Waals surface area contributed by atoms with E-state index in [9.17, 15) is 48.9 Å². The van der Waals surface area contributed by atoms with Gasteiger partial charge in [0.1, 0.15) is 18.1 Å². The molecule has 2 aliphatic heterocycles. The van der Waals surface area contributed by atoms with Gasteiger partial charge < -0.3 is 41.9 Å². The zero-order valence-electron chi connectivity index (χ0n) is 35.6. The summed E-state index contributed by atoms with van der Waals surface area (Å²) in [6.07, 6.45) is -4.83. The molecule has 66 heavy (non-hydrogen) atoms. The van der Waals surface area contributed by atoms with Crippen molar-refractivity contribution in [2.45, 2.75) is 81.3 Å². The lowest BCUT2D eigenvalue weighted by Gasteiger charge is -2.27. The number of anilines is 1. The first-order chi connectivity index (χ1) is 31.7. The molecule has 0 spiro atoms. The number of carbonyl (C=O) groups excluding carboxylic acids is 6. The molecule has 7 rings (SSSR count). The number of carboxylic acid groups (broad SMARTS) is 1. The van der Waals surface area contributed by atoms with Gasteiger partial charge in [-0.1, -0.05) is 107 Å². The second-order valence-electron chi connectivity index (χ2n) is 16.1. The third kappa shape index (κ3) is 14.2. The second kappa shape index (κ2) is 23.6. The highest BCUT2D eigenvalue weighted by Gasteiger charge is 2.36. The summed E-state index contributed by atoms with van der Waals surface area (Å²) in [6.45, 7) is 0. The number of halogens is 1. The van der Waals surface area contributed by atoms with Gasteiger partial charge >= 0.3 is 5.97 Å². The number of amides is 5. The third-order valence-electron chi connectivity index (χ3n) is 11.1. The van der Waals surface area contributed by atoms with E-state index in [4.69, 9.17) is 0 Å². The molecule has 17 heteroatoms. The summed E-state index contributed by atoms with van der Waals surface area (Å²) in [6, 6.07) is 29.2. The maximum absolute atomic E-state index is 14.7. The van der Waals surface area contributed by atoms with Gasteiger partial charge in [-0.25, -0.2) is 4.79 Å². The van der Waals surface area contributed by atoms with Crippen LogP contribution < -0.4 is 26.6 Å². The number of fused-ring (bicyclic) bond motifs is 18. The van der Waals surface area contributed by atoms with Gasteiger partial charge in [-0.05, 0) is 77.2 Å². The summed E-state index contributed by atoms with van der Waals surface area (Å²) in [5.41, 5.74) is 2.83. The summed E-state index contributed by atoms with van der Waals surface area (Å²) in [4.78, 5) is 97.5. The highest BCUT2D eigenvalue weighted by molar-refractivity contribution is 9.10. The molecule has 0 saturated carbocycles. The summed E-state index contributed by atoms with van der Waals surface area (Å²) < 4.78 is 0.760. The normalized spacial score (nSPS) is 21.6. The van der Waals surface area contributed by atoms with E-state index >= 15 is 0 Å². The first-order valence-electron chi connectivity index (χ1n) is 21.3. The molecule has 5 aromatic rings. The number of benzene rings is 4. The predicted molar refractivity (Wildman–Crippen MR) is 250 cm³/mol. The topological polar surface area (TPSA) is 240 Å². The Balaban J connectivity index is 1.38. The van der Waals surface area contributed by atoms with Crippen LogP contribution in [0.25, 0.3) is 0 Å². The number of Topliss-reactive ketones (excluding diaryl/α,β-unsaturated/α-hetero) is 1. The Hall–Kier alpha value is -6.53. The minimum Gasteiger partial charge on any atom is -0.480 e. The molecular weight excluding hydrogens is 931 g/mol. The molecule has 15 nitrogen and oxygen atoms in total. The van der Waals surface area contributed by atoms with Gasteiger partial charge in [0.05, 0.1) is 6.04 Å². The fourth-order valence-corrected chi connectivity index (χ4v) is 8.49. The number of hydrogen-bond donors (Lipinski definition) is 8. The van der Waals surface area contributed by atoms with Crippen molar-refractivity contribution in [1.29, 1.82) is 0 Å². The molecule has 4 aromatic carbocycles. The van der Waals surface area contributed by atoms with Crippen LogP contribution in [0.1, 0.15) is 40.0 Å². The fraction of sp³-hybridized carbons (Fsp3) is 0.286. The van der Waals surface area contributed by atoms with Crippen molar-refractivity contribution in [3.63, 3.8) is 0 Å². The average molecular weight is 981 g/mol. The quantitative estimate of drug-likeness (QED) is 0.0844. The Kier molecular flexibility index (Phi) is 17.5. The van der Waals surface area contributed by atoms with E-state index in [0.29, 0.717) is 28.0 Å². The first-order valence-corrected chi connectivity index (χ1v) is 23.0. The third-order valence-corrected chi connectivity index (χ3v) is 12.6. The smallest absolute Gasteiger partial charge is 0.326 e. The molecule has 7 atom stereocenters. The molecule has 0 saturated heterocycles. The minimum absolute atomic E-state index is 0.0337. The molecule has 0 fully saturated rings. The lowest BCUT2D eigenvalue weighted by molar-refractivity contribution is -0.144. The maximum Gasteiger partial charge on any atom is 0.326 e. The first kappa shape index (κ1) is 48.9. The van der Waals surface area contributed by atoms with E-state index in [2.05, 4.69) is 42.5 Å². The monoisotopic (exact) mass is 979 g/mol. The van der Waals surface area contributed by atoms with Crippen LogP contribution in [0.3, 0.4) is 0 Å². The Labute approximate surface area is 393 Å². The fourth-order valence-electron chi connectivity index (χ4n) is 7.47. The molecule has 0 radical (unpaired) electrons. The molecule has 344 valence electrons. The standard InChI is InChI=1S/C49H50BrN5O10S/c50-34-18-13-32(14-19-34)25-38-45(60)52-37(22-17-29-8-3-1-4-9-29)41(56)27-33(44(59)55-40(49(64)65)26-30-10-5-2-6-11-30)24-31-15-20-35(21-16-31)51-47(62)42(57)43(58)48(63)54-39(46(61)53-38)28-36-12-7-23-66-36/h1-16,18-21,23,33,37-40,42-43,57-58H,17,22,24-28H2,(H,51,62)(H,52,60)(H,53,61)(H,54,63)(H,55,59)(H,64,65)/t33-,37+,38-,39+,40+,42-,43-/m1/s1. The molecule has 0 aliphatic carbocycles. The summed E-state index contributed by atoms with van der Waals surface area (Å²) in [7, 11) is 0. The zero-order chi connectivity index (χ0) is 47.2. The number of thiophene rings is 1. The van der Waals surface area contributed by atoms with Crippen molar-refractivity contribution in [3.05, 3.63) is 158 Å². The molecule has 3 heterocycles. The predicted octanol–water partition coefficient (Wildman–Crippen LogP) is 3.69. The van der Waals surface area contributed by atoms with Crippen LogP contribution in [-0.4, -0.2) is 93.0 Å². The Morgan fingerprint density at radius 3 is 1.86 bits per heavy atom. The Morgan fingerprint density at radius 2 is 1.24 bits per heavy atom. The number of carbonyl (C=O) groups is 7. The van der Waals surface area contributed by atoms with Crippen LogP contribution >= 0.6 is 27.3 Å².